The minimum atomic E-state index is -3.78. The maximum Gasteiger partial charge on any atom is 0.246 e. The van der Waals surface area contributed by atoms with E-state index < -0.39 is 19.9 Å². The summed E-state index contributed by atoms with van der Waals surface area (Å²) in [6, 6.07) is 7.84. The highest BCUT2D eigenvalue weighted by molar-refractivity contribution is 7.90. The first kappa shape index (κ1) is 23.2. The highest BCUT2D eigenvalue weighted by atomic mass is 35.5. The van der Waals surface area contributed by atoms with E-state index in [1.807, 2.05) is 0 Å². The molecule has 0 spiro atoms. The molecule has 2 aliphatic heterocycles. The van der Waals surface area contributed by atoms with Gasteiger partial charge in [0.15, 0.2) is 9.84 Å². The standard InChI is InChI=1S/C21H24ClN3O5S2/c1-31(27,28)17-6-7-18-16(14-17)4-3-11-25(18)21(26)15-8-12-24(13-9-15)32(29,30)19-5-2-10-23-20(19)22/h2,5-7,10,14-15H,3-4,8-9,11-13H2,1H3. The van der Waals surface area contributed by atoms with E-state index in [0.717, 1.165) is 17.7 Å². The van der Waals surface area contributed by atoms with Gasteiger partial charge >= 0.3 is 0 Å². The largest absolute Gasteiger partial charge is 0.312 e. The van der Waals surface area contributed by atoms with Crippen LogP contribution in [0.5, 0.6) is 0 Å². The Bertz CT molecular complexity index is 1260. The first-order valence-corrected chi connectivity index (χ1v) is 14.0. The summed E-state index contributed by atoms with van der Waals surface area (Å²) in [4.78, 5) is 19.1. The Labute approximate surface area is 193 Å². The number of carbonyl (C=O) groups excluding carboxylic acids is 1. The smallest absolute Gasteiger partial charge is 0.246 e. The van der Waals surface area contributed by atoms with E-state index in [1.165, 1.54) is 35.0 Å². The Hall–Kier alpha value is -2.01. The number of anilines is 1. The van der Waals surface area contributed by atoms with E-state index in [9.17, 15) is 21.6 Å². The van der Waals surface area contributed by atoms with Gasteiger partial charge in [-0.25, -0.2) is 21.8 Å². The molecule has 0 unspecified atom stereocenters. The summed E-state index contributed by atoms with van der Waals surface area (Å²) >= 11 is 5.98. The zero-order chi connectivity index (χ0) is 23.1. The van der Waals surface area contributed by atoms with Crippen LogP contribution in [0.4, 0.5) is 5.69 Å². The van der Waals surface area contributed by atoms with E-state index in [1.54, 1.807) is 17.0 Å². The van der Waals surface area contributed by atoms with Gasteiger partial charge in [0.2, 0.25) is 15.9 Å². The molecule has 0 bridgehead atoms. The number of aromatic nitrogens is 1. The number of halogens is 1. The Morgan fingerprint density at radius 2 is 1.81 bits per heavy atom. The fourth-order valence-corrected chi connectivity index (χ4v) is 6.87. The van der Waals surface area contributed by atoms with Crippen molar-refractivity contribution in [2.45, 2.75) is 35.5 Å². The molecule has 1 amide bonds. The maximum absolute atomic E-state index is 13.3. The second-order valence-corrected chi connectivity index (χ2v) is 12.4. The van der Waals surface area contributed by atoms with Gasteiger partial charge in [0.25, 0.3) is 0 Å². The Balaban J connectivity index is 1.49. The van der Waals surface area contributed by atoms with Gasteiger partial charge in [-0.1, -0.05) is 11.6 Å². The third kappa shape index (κ3) is 4.41. The van der Waals surface area contributed by atoms with Gasteiger partial charge in [-0.15, -0.1) is 0 Å². The molecule has 2 aromatic rings. The van der Waals surface area contributed by atoms with Crippen LogP contribution >= 0.6 is 11.6 Å². The summed E-state index contributed by atoms with van der Waals surface area (Å²) < 4.78 is 50.9. The highest BCUT2D eigenvalue weighted by Gasteiger charge is 2.36. The number of nitrogens with zero attached hydrogens (tertiary/aromatic N) is 3. The number of aryl methyl sites for hydroxylation is 1. The fourth-order valence-electron chi connectivity index (χ4n) is 4.30. The number of amides is 1. The monoisotopic (exact) mass is 497 g/mol. The molecular formula is C21H24ClN3O5S2. The summed E-state index contributed by atoms with van der Waals surface area (Å²) in [7, 11) is -7.10. The van der Waals surface area contributed by atoms with Crippen LogP contribution < -0.4 is 4.90 Å². The van der Waals surface area contributed by atoms with Crippen molar-refractivity contribution < 1.29 is 21.6 Å². The van der Waals surface area contributed by atoms with Crippen molar-refractivity contribution in [1.82, 2.24) is 9.29 Å². The fraction of sp³-hybridized carbons (Fsp3) is 0.429. The predicted octanol–water partition coefficient (Wildman–Crippen LogP) is 2.52. The van der Waals surface area contributed by atoms with Crippen LogP contribution in [0.3, 0.4) is 0 Å². The first-order valence-electron chi connectivity index (χ1n) is 10.3. The van der Waals surface area contributed by atoms with Crippen molar-refractivity contribution in [3.8, 4) is 0 Å². The Morgan fingerprint density at radius 3 is 2.47 bits per heavy atom. The molecule has 8 nitrogen and oxygen atoms in total. The summed E-state index contributed by atoms with van der Waals surface area (Å²) in [6.45, 7) is 1.00. The zero-order valence-electron chi connectivity index (χ0n) is 17.6. The van der Waals surface area contributed by atoms with Crippen LogP contribution in [0.25, 0.3) is 0 Å². The average molecular weight is 498 g/mol. The molecule has 3 heterocycles. The molecule has 11 heteroatoms. The van der Waals surface area contributed by atoms with Crippen molar-refractivity contribution in [3.63, 3.8) is 0 Å². The van der Waals surface area contributed by atoms with Crippen molar-refractivity contribution in [3.05, 3.63) is 47.2 Å². The van der Waals surface area contributed by atoms with Crippen LogP contribution in [0.1, 0.15) is 24.8 Å². The van der Waals surface area contributed by atoms with Gasteiger partial charge in [-0.2, -0.15) is 4.31 Å². The molecule has 1 fully saturated rings. The van der Waals surface area contributed by atoms with Crippen LogP contribution in [0.15, 0.2) is 46.3 Å². The number of pyridine rings is 1. The van der Waals surface area contributed by atoms with E-state index in [2.05, 4.69) is 4.98 Å². The molecular weight excluding hydrogens is 474 g/mol. The van der Waals surface area contributed by atoms with Crippen LogP contribution in [-0.4, -0.2) is 57.9 Å². The lowest BCUT2D eigenvalue weighted by Crippen LogP contribution is -2.45. The van der Waals surface area contributed by atoms with E-state index in [0.29, 0.717) is 25.8 Å². The number of hydrogen-bond donors (Lipinski definition) is 0. The number of sulfonamides is 1. The van der Waals surface area contributed by atoms with Crippen molar-refractivity contribution in [2.24, 2.45) is 5.92 Å². The number of benzene rings is 1. The number of rotatable bonds is 4. The van der Waals surface area contributed by atoms with E-state index >= 15 is 0 Å². The minimum Gasteiger partial charge on any atom is -0.312 e. The molecule has 172 valence electrons. The van der Waals surface area contributed by atoms with Crippen LogP contribution in [0, 0.1) is 5.92 Å². The normalized spacial score (nSPS) is 18.4. The predicted molar refractivity (Wildman–Crippen MR) is 121 cm³/mol. The van der Waals surface area contributed by atoms with Gasteiger partial charge in [-0.3, -0.25) is 4.79 Å². The summed E-state index contributed by atoms with van der Waals surface area (Å²) in [6.07, 6.45) is 4.87. The van der Waals surface area contributed by atoms with Crippen LogP contribution in [-0.2, 0) is 31.1 Å². The molecule has 32 heavy (non-hydrogen) atoms. The Morgan fingerprint density at radius 1 is 1.09 bits per heavy atom. The molecule has 1 aromatic heterocycles. The molecule has 1 saturated heterocycles. The SMILES string of the molecule is CS(=O)(=O)c1ccc2c(c1)CCCN2C(=O)C1CCN(S(=O)(=O)c2cccnc2Cl)CC1. The molecule has 2 aliphatic rings. The second-order valence-electron chi connectivity index (χ2n) is 8.13. The minimum absolute atomic E-state index is 0.0296. The zero-order valence-corrected chi connectivity index (χ0v) is 20.0. The van der Waals surface area contributed by atoms with E-state index in [4.69, 9.17) is 11.6 Å². The second kappa shape index (κ2) is 8.74. The Kier molecular flexibility index (Phi) is 6.32. The number of carbonyl (C=O) groups is 1. The number of fused-ring (bicyclic) bond motifs is 1. The van der Waals surface area contributed by atoms with Gasteiger partial charge in [0, 0.05) is 43.7 Å². The molecule has 4 rings (SSSR count). The first-order chi connectivity index (χ1) is 15.1. The van der Waals surface area contributed by atoms with E-state index in [-0.39, 0.29) is 39.9 Å². The quantitative estimate of drug-likeness (QED) is 0.601. The van der Waals surface area contributed by atoms with Gasteiger partial charge in [-0.05, 0) is 61.6 Å². The van der Waals surface area contributed by atoms with Gasteiger partial charge in [0.05, 0.1) is 4.90 Å². The van der Waals surface area contributed by atoms with Gasteiger partial charge < -0.3 is 4.90 Å². The number of hydrogen-bond acceptors (Lipinski definition) is 6. The lowest BCUT2D eigenvalue weighted by Gasteiger charge is -2.36. The molecule has 0 N–H and O–H groups in total. The lowest BCUT2D eigenvalue weighted by atomic mass is 9.94. The number of sulfone groups is 1. The van der Waals surface area contributed by atoms with Crippen molar-refractivity contribution >= 4 is 43.1 Å². The third-order valence-corrected chi connectivity index (χ3v) is 9.46. The molecule has 1 aromatic carbocycles. The molecule has 0 saturated carbocycles. The van der Waals surface area contributed by atoms with Crippen LogP contribution in [0.2, 0.25) is 5.15 Å². The highest BCUT2D eigenvalue weighted by Crippen LogP contribution is 2.33. The number of piperidine rings is 1. The summed E-state index contributed by atoms with van der Waals surface area (Å²) in [5.74, 6) is -0.346. The topological polar surface area (TPSA) is 105 Å². The van der Waals surface area contributed by atoms with Crippen molar-refractivity contribution in [1.29, 1.82) is 0 Å². The molecule has 0 atom stereocenters. The molecule has 0 aliphatic carbocycles. The average Bonchev–Trinajstić information content (AvgIpc) is 2.77. The maximum atomic E-state index is 13.3. The molecule has 0 radical (unpaired) electrons. The third-order valence-electron chi connectivity index (χ3n) is 6.01. The lowest BCUT2D eigenvalue weighted by molar-refractivity contribution is -0.123. The van der Waals surface area contributed by atoms with Gasteiger partial charge in [0.1, 0.15) is 10.0 Å². The summed E-state index contributed by atoms with van der Waals surface area (Å²) in [5.41, 5.74) is 1.59. The van der Waals surface area contributed by atoms with Crippen molar-refractivity contribution in [2.75, 3.05) is 30.8 Å². The summed E-state index contributed by atoms with van der Waals surface area (Å²) in [5, 5.41) is -0.0657.